The van der Waals surface area contributed by atoms with Gasteiger partial charge >= 0.3 is 5.97 Å². The van der Waals surface area contributed by atoms with Crippen LogP contribution in [0.5, 0.6) is 0 Å². The van der Waals surface area contributed by atoms with Gasteiger partial charge in [0.2, 0.25) is 0 Å². The maximum atomic E-state index is 10.8. The van der Waals surface area contributed by atoms with Crippen molar-refractivity contribution in [3.8, 4) is 0 Å². The molecule has 0 spiro atoms. The second-order valence-electron chi connectivity index (χ2n) is 4.00. The number of nitrogens with zero attached hydrogens (tertiary/aromatic N) is 1. The molecule has 0 aliphatic rings. The number of aliphatic carboxylic acids is 1. The van der Waals surface area contributed by atoms with Gasteiger partial charge in [-0.3, -0.25) is 0 Å². The minimum atomic E-state index is -1.29. The molecule has 1 heterocycles. The number of hydrogen-bond acceptors (Lipinski definition) is 4. The van der Waals surface area contributed by atoms with Gasteiger partial charge < -0.3 is 15.5 Å². The van der Waals surface area contributed by atoms with Crippen molar-refractivity contribution < 1.29 is 9.90 Å². The standard InChI is InChI=1S/C14H13NO3S/c16-14(17)13(15-18)12-9-8-11(19-12)7-6-10-4-2-1-3-5-10/h1-5,8-9,18H,6-7H2,(H,16,17)/p-1/b15-13+. The molecule has 0 atom stereocenters. The summed E-state index contributed by atoms with van der Waals surface area (Å²) in [4.78, 5) is 12.2. The first-order valence-corrected chi connectivity index (χ1v) is 6.59. The van der Waals surface area contributed by atoms with Crippen LogP contribution in [-0.4, -0.2) is 16.8 Å². The molecule has 4 nitrogen and oxygen atoms in total. The maximum Gasteiger partial charge on any atom is 0.355 e. The van der Waals surface area contributed by atoms with E-state index in [-0.39, 0.29) is 0 Å². The molecule has 0 amide bonds. The molecular formula is C14H12NO3S-. The van der Waals surface area contributed by atoms with Gasteiger partial charge in [0.15, 0.2) is 5.71 Å². The van der Waals surface area contributed by atoms with E-state index >= 15 is 0 Å². The molecule has 0 radical (unpaired) electrons. The van der Waals surface area contributed by atoms with Gasteiger partial charge in [0, 0.05) is 4.88 Å². The van der Waals surface area contributed by atoms with E-state index in [1.54, 1.807) is 6.07 Å². The highest BCUT2D eigenvalue weighted by Crippen LogP contribution is 2.19. The lowest BCUT2D eigenvalue weighted by molar-refractivity contribution is -0.129. The lowest BCUT2D eigenvalue weighted by atomic mass is 10.1. The summed E-state index contributed by atoms with van der Waals surface area (Å²) in [5.74, 6) is -1.29. The van der Waals surface area contributed by atoms with E-state index in [4.69, 9.17) is 5.11 Å². The van der Waals surface area contributed by atoms with Crippen LogP contribution in [0.4, 0.5) is 0 Å². The SMILES string of the molecule is O=C(O)/C(=N/[O-])c1ccc(CCc2ccccc2)s1. The Hall–Kier alpha value is -2.14. The monoisotopic (exact) mass is 274 g/mol. The number of hydrogen-bond donors (Lipinski definition) is 1. The fourth-order valence-electron chi connectivity index (χ4n) is 1.74. The van der Waals surface area contributed by atoms with Crippen molar-refractivity contribution in [2.45, 2.75) is 12.8 Å². The molecule has 0 fully saturated rings. The molecule has 2 rings (SSSR count). The molecule has 0 aliphatic carbocycles. The minimum absolute atomic E-state index is 0.408. The van der Waals surface area contributed by atoms with Crippen LogP contribution < -0.4 is 0 Å². The summed E-state index contributed by atoms with van der Waals surface area (Å²) in [6, 6.07) is 13.5. The molecular weight excluding hydrogens is 262 g/mol. The Morgan fingerprint density at radius 1 is 1.16 bits per heavy atom. The Labute approximate surface area is 114 Å². The number of thiophene rings is 1. The molecule has 0 aliphatic heterocycles. The molecule has 19 heavy (non-hydrogen) atoms. The number of carboxylic acids is 1. The minimum Gasteiger partial charge on any atom is -0.791 e. The van der Waals surface area contributed by atoms with Gasteiger partial charge in [-0.15, -0.1) is 11.3 Å². The summed E-state index contributed by atoms with van der Waals surface area (Å²) in [5.41, 5.74) is 0.810. The fraction of sp³-hybridized carbons (Fsp3) is 0.143. The summed E-state index contributed by atoms with van der Waals surface area (Å²) < 4.78 is 0. The van der Waals surface area contributed by atoms with Crippen LogP contribution in [0.2, 0.25) is 0 Å². The van der Waals surface area contributed by atoms with Gasteiger partial charge in [0.25, 0.3) is 0 Å². The van der Waals surface area contributed by atoms with Gasteiger partial charge in [-0.25, -0.2) is 4.79 Å². The highest BCUT2D eigenvalue weighted by atomic mass is 32.1. The molecule has 1 aromatic carbocycles. The Morgan fingerprint density at radius 3 is 2.53 bits per heavy atom. The molecule has 0 saturated heterocycles. The largest absolute Gasteiger partial charge is 0.791 e. The van der Waals surface area contributed by atoms with E-state index in [1.807, 2.05) is 24.3 Å². The van der Waals surface area contributed by atoms with Crippen molar-refractivity contribution in [2.75, 3.05) is 0 Å². The van der Waals surface area contributed by atoms with Gasteiger partial charge in [-0.1, -0.05) is 30.3 Å². The third kappa shape index (κ3) is 3.42. The van der Waals surface area contributed by atoms with E-state index < -0.39 is 11.7 Å². The van der Waals surface area contributed by atoms with Crippen LogP contribution in [0.1, 0.15) is 15.3 Å². The van der Waals surface area contributed by atoms with Crippen molar-refractivity contribution in [2.24, 2.45) is 5.16 Å². The molecule has 0 unspecified atom stereocenters. The van der Waals surface area contributed by atoms with Crippen molar-refractivity contribution in [1.82, 2.24) is 0 Å². The summed E-state index contributed by atoms with van der Waals surface area (Å²) in [7, 11) is 0. The quantitative estimate of drug-likeness (QED) is 0.673. The summed E-state index contributed by atoms with van der Waals surface area (Å²) >= 11 is 1.30. The second kappa shape index (κ2) is 6.15. The van der Waals surface area contributed by atoms with E-state index in [9.17, 15) is 10.0 Å². The molecule has 2 aromatic rings. The zero-order valence-electron chi connectivity index (χ0n) is 10.1. The van der Waals surface area contributed by atoms with E-state index in [0.29, 0.717) is 4.88 Å². The van der Waals surface area contributed by atoms with Crippen molar-refractivity contribution in [3.63, 3.8) is 0 Å². The van der Waals surface area contributed by atoms with Crippen molar-refractivity contribution in [1.29, 1.82) is 0 Å². The molecule has 1 aromatic heterocycles. The van der Waals surface area contributed by atoms with E-state index in [0.717, 1.165) is 17.7 Å². The highest BCUT2D eigenvalue weighted by Gasteiger charge is 2.13. The highest BCUT2D eigenvalue weighted by molar-refractivity contribution is 7.14. The van der Waals surface area contributed by atoms with Crippen molar-refractivity contribution >= 4 is 23.0 Å². The van der Waals surface area contributed by atoms with E-state index in [2.05, 4.69) is 17.3 Å². The second-order valence-corrected chi connectivity index (χ2v) is 5.16. The van der Waals surface area contributed by atoms with Gasteiger partial charge in [0.05, 0.1) is 4.88 Å². The third-order valence-corrected chi connectivity index (χ3v) is 3.84. The first-order valence-electron chi connectivity index (χ1n) is 5.77. The maximum absolute atomic E-state index is 10.8. The Bertz CT molecular complexity index is 590. The number of rotatable bonds is 5. The third-order valence-electron chi connectivity index (χ3n) is 2.69. The van der Waals surface area contributed by atoms with Crippen LogP contribution in [0.25, 0.3) is 0 Å². The lowest BCUT2D eigenvalue weighted by Crippen LogP contribution is -2.12. The number of carbonyl (C=O) groups is 1. The van der Waals surface area contributed by atoms with Gasteiger partial charge in [-0.05, 0) is 30.5 Å². The van der Waals surface area contributed by atoms with Crippen LogP contribution >= 0.6 is 11.3 Å². The average molecular weight is 274 g/mol. The smallest absolute Gasteiger partial charge is 0.355 e. The summed E-state index contributed by atoms with van der Waals surface area (Å²) in [6.45, 7) is 0. The number of carboxylic acid groups (broad SMARTS) is 1. The Kier molecular flexibility index (Phi) is 4.30. The Morgan fingerprint density at radius 2 is 1.89 bits per heavy atom. The van der Waals surface area contributed by atoms with Gasteiger partial charge in [-0.2, -0.15) is 0 Å². The summed E-state index contributed by atoms with van der Waals surface area (Å²) in [6.07, 6.45) is 1.71. The molecule has 0 bridgehead atoms. The van der Waals surface area contributed by atoms with Crippen LogP contribution in [0, 0.1) is 5.21 Å². The molecule has 1 N–H and O–H groups in total. The first kappa shape index (κ1) is 13.3. The predicted octanol–water partition coefficient (Wildman–Crippen LogP) is 2.90. The zero-order chi connectivity index (χ0) is 13.7. The topological polar surface area (TPSA) is 72.7 Å². The van der Waals surface area contributed by atoms with Gasteiger partial charge in [0.1, 0.15) is 0 Å². The average Bonchev–Trinajstić information content (AvgIpc) is 2.87. The normalized spacial score (nSPS) is 11.5. The molecule has 98 valence electrons. The van der Waals surface area contributed by atoms with Crippen LogP contribution in [0.3, 0.4) is 0 Å². The van der Waals surface area contributed by atoms with Crippen molar-refractivity contribution in [3.05, 3.63) is 63.0 Å². The molecule has 0 saturated carbocycles. The predicted molar refractivity (Wildman–Crippen MR) is 75.7 cm³/mol. The summed E-state index contributed by atoms with van der Waals surface area (Å²) in [5, 5.41) is 21.9. The van der Waals surface area contributed by atoms with Crippen LogP contribution in [0.15, 0.2) is 47.6 Å². The first-order chi connectivity index (χ1) is 9.20. The number of benzene rings is 1. The zero-order valence-corrected chi connectivity index (χ0v) is 10.9. The van der Waals surface area contributed by atoms with E-state index in [1.165, 1.54) is 16.9 Å². The number of aryl methyl sites for hydroxylation is 2. The molecule has 5 heteroatoms. The fourth-order valence-corrected chi connectivity index (χ4v) is 2.72. The Balaban J connectivity index is 2.04. The lowest BCUT2D eigenvalue weighted by Gasteiger charge is -2.00. The van der Waals surface area contributed by atoms with Crippen LogP contribution in [-0.2, 0) is 17.6 Å².